The van der Waals surface area contributed by atoms with Gasteiger partial charge in [0.05, 0.1) is 12.8 Å². The summed E-state index contributed by atoms with van der Waals surface area (Å²) >= 11 is 0.840. The smallest absolute Gasteiger partial charge is 0.280 e. The zero-order valence-corrected chi connectivity index (χ0v) is 18.9. The highest BCUT2D eigenvalue weighted by Crippen LogP contribution is 2.38. The van der Waals surface area contributed by atoms with Crippen LogP contribution in [0.25, 0.3) is 10.2 Å². The number of hydrogen-bond acceptors (Lipinski definition) is 7. The average Bonchev–Trinajstić information content (AvgIpc) is 3.43. The van der Waals surface area contributed by atoms with E-state index in [1.54, 1.807) is 44.5 Å². The number of carbonyl (C=O) groups is 2. The third kappa shape index (κ3) is 4.66. The van der Waals surface area contributed by atoms with Crippen molar-refractivity contribution in [1.82, 2.24) is 14.8 Å². The first-order valence-corrected chi connectivity index (χ1v) is 10.7. The Bertz CT molecular complexity index is 1370. The van der Waals surface area contributed by atoms with Gasteiger partial charge in [-0.1, -0.05) is 0 Å². The van der Waals surface area contributed by atoms with Crippen LogP contribution in [0.4, 0.5) is 14.5 Å². The maximum atomic E-state index is 13.1. The van der Waals surface area contributed by atoms with Crippen molar-refractivity contribution in [2.24, 2.45) is 5.73 Å². The zero-order chi connectivity index (χ0) is 24.4. The van der Waals surface area contributed by atoms with Crippen LogP contribution < -0.4 is 20.5 Å². The molecule has 176 valence electrons. The van der Waals surface area contributed by atoms with Crippen molar-refractivity contribution >= 4 is 39.1 Å². The molecule has 4 rings (SSSR count). The van der Waals surface area contributed by atoms with Crippen LogP contribution in [0, 0.1) is 6.92 Å². The molecule has 0 aliphatic heterocycles. The van der Waals surface area contributed by atoms with E-state index in [-0.39, 0.29) is 27.8 Å². The molecule has 12 heteroatoms. The summed E-state index contributed by atoms with van der Waals surface area (Å²) in [7, 11) is 1.57. The second-order valence-corrected chi connectivity index (χ2v) is 8.16. The Morgan fingerprint density at radius 3 is 2.56 bits per heavy atom. The first-order chi connectivity index (χ1) is 16.3. The maximum Gasteiger partial charge on any atom is 0.280 e. The minimum Gasteiger partial charge on any atom is -0.497 e. The number of fused-ring (bicyclic) bond motifs is 1. The number of amides is 2. The SMILES string of the molecule is COc1ccc(OCn2ccc(C(=O)Nc3c(C(N)=O)sc4nc(C(F)F)cc(C)c34)n2)cc1. The summed E-state index contributed by atoms with van der Waals surface area (Å²) in [6.07, 6.45) is -1.22. The molecule has 0 bridgehead atoms. The molecule has 0 spiro atoms. The number of carbonyl (C=O) groups excluding carboxylic acids is 2. The highest BCUT2D eigenvalue weighted by molar-refractivity contribution is 7.21. The van der Waals surface area contributed by atoms with Gasteiger partial charge in [-0.05, 0) is 48.9 Å². The fraction of sp³-hybridized carbons (Fsp3) is 0.182. The lowest BCUT2D eigenvalue weighted by atomic mass is 10.1. The van der Waals surface area contributed by atoms with Crippen LogP contribution in [-0.4, -0.2) is 33.7 Å². The summed E-state index contributed by atoms with van der Waals surface area (Å²) in [5.41, 5.74) is 5.64. The highest BCUT2D eigenvalue weighted by Gasteiger charge is 2.24. The van der Waals surface area contributed by atoms with Gasteiger partial charge >= 0.3 is 0 Å². The predicted octanol–water partition coefficient (Wildman–Crippen LogP) is 4.14. The molecule has 0 radical (unpaired) electrons. The number of nitrogens with one attached hydrogen (secondary N) is 1. The predicted molar refractivity (Wildman–Crippen MR) is 122 cm³/mol. The number of halogens is 2. The van der Waals surface area contributed by atoms with E-state index in [2.05, 4.69) is 15.4 Å². The Kier molecular flexibility index (Phi) is 6.41. The van der Waals surface area contributed by atoms with Crippen LogP contribution in [0.5, 0.6) is 11.5 Å². The lowest BCUT2D eigenvalue weighted by Crippen LogP contribution is -2.17. The molecule has 3 heterocycles. The quantitative estimate of drug-likeness (QED) is 0.385. The second-order valence-electron chi connectivity index (χ2n) is 7.16. The lowest BCUT2D eigenvalue weighted by Gasteiger charge is -2.08. The van der Waals surface area contributed by atoms with Gasteiger partial charge in [-0.3, -0.25) is 9.59 Å². The van der Waals surface area contributed by atoms with Crippen molar-refractivity contribution in [1.29, 1.82) is 0 Å². The van der Waals surface area contributed by atoms with Crippen molar-refractivity contribution in [3.05, 3.63) is 64.4 Å². The standard InChI is InChI=1S/C22H19F2N5O4S/c1-11-9-15(19(23)24)26-22-16(11)17(18(34-22)20(25)30)27-21(31)14-7-8-29(28-14)10-33-13-5-3-12(32-2)4-6-13/h3-9,19H,10H2,1-2H3,(H2,25,30)(H,27,31). The number of thiophene rings is 1. The Hall–Kier alpha value is -4.06. The minimum absolute atomic E-state index is 0.00707. The number of primary amides is 1. The molecule has 4 aromatic rings. The summed E-state index contributed by atoms with van der Waals surface area (Å²) < 4.78 is 38.4. The number of anilines is 1. The third-order valence-corrected chi connectivity index (χ3v) is 5.96. The van der Waals surface area contributed by atoms with E-state index in [4.69, 9.17) is 15.2 Å². The minimum atomic E-state index is -2.77. The molecule has 3 N–H and O–H groups in total. The Labute approximate surface area is 196 Å². The molecule has 0 saturated carbocycles. The van der Waals surface area contributed by atoms with Crippen molar-refractivity contribution in [2.45, 2.75) is 20.1 Å². The third-order valence-electron chi connectivity index (χ3n) is 4.86. The summed E-state index contributed by atoms with van der Waals surface area (Å²) in [6.45, 7) is 1.64. The van der Waals surface area contributed by atoms with E-state index >= 15 is 0 Å². The van der Waals surface area contributed by atoms with Gasteiger partial charge < -0.3 is 20.5 Å². The zero-order valence-electron chi connectivity index (χ0n) is 18.0. The fourth-order valence-electron chi connectivity index (χ4n) is 3.26. The van der Waals surface area contributed by atoms with Crippen molar-refractivity contribution < 1.29 is 27.8 Å². The molecule has 0 aliphatic rings. The molecule has 0 fully saturated rings. The second kappa shape index (κ2) is 9.43. The number of methoxy groups -OCH3 is 1. The van der Waals surface area contributed by atoms with Gasteiger partial charge in [-0.2, -0.15) is 5.10 Å². The number of aryl methyl sites for hydroxylation is 1. The van der Waals surface area contributed by atoms with Gasteiger partial charge in [-0.25, -0.2) is 18.4 Å². The molecule has 2 amide bonds. The van der Waals surface area contributed by atoms with Crippen LogP contribution >= 0.6 is 11.3 Å². The molecule has 0 unspecified atom stereocenters. The van der Waals surface area contributed by atoms with Crippen LogP contribution in [0.2, 0.25) is 0 Å². The number of hydrogen-bond donors (Lipinski definition) is 2. The largest absolute Gasteiger partial charge is 0.497 e. The van der Waals surface area contributed by atoms with Gasteiger partial charge in [0, 0.05) is 11.6 Å². The molecule has 0 saturated heterocycles. The molecule has 9 nitrogen and oxygen atoms in total. The molecule has 0 aliphatic carbocycles. The van der Waals surface area contributed by atoms with Crippen LogP contribution in [0.1, 0.15) is 37.8 Å². The topological polar surface area (TPSA) is 121 Å². The van der Waals surface area contributed by atoms with Crippen molar-refractivity contribution in [3.8, 4) is 11.5 Å². The fourth-order valence-corrected chi connectivity index (χ4v) is 4.32. The number of nitrogens with zero attached hydrogens (tertiary/aromatic N) is 3. The summed E-state index contributed by atoms with van der Waals surface area (Å²) in [4.78, 5) is 28.9. The monoisotopic (exact) mass is 487 g/mol. The first-order valence-electron chi connectivity index (χ1n) is 9.90. The molecule has 3 aromatic heterocycles. The summed E-state index contributed by atoms with van der Waals surface area (Å²) in [6, 6.07) is 9.66. The molecule has 34 heavy (non-hydrogen) atoms. The number of benzene rings is 1. The van der Waals surface area contributed by atoms with Crippen molar-refractivity contribution in [3.63, 3.8) is 0 Å². The van der Waals surface area contributed by atoms with Crippen LogP contribution in [0.3, 0.4) is 0 Å². The number of alkyl halides is 2. The van der Waals surface area contributed by atoms with Gasteiger partial charge in [-0.15, -0.1) is 11.3 Å². The molecular weight excluding hydrogens is 468 g/mol. The Morgan fingerprint density at radius 2 is 1.91 bits per heavy atom. The molecule has 1 aromatic carbocycles. The normalized spacial score (nSPS) is 11.1. The van der Waals surface area contributed by atoms with Gasteiger partial charge in [0.1, 0.15) is 26.9 Å². The van der Waals surface area contributed by atoms with E-state index in [9.17, 15) is 18.4 Å². The van der Waals surface area contributed by atoms with Crippen molar-refractivity contribution in [2.75, 3.05) is 12.4 Å². The van der Waals surface area contributed by atoms with Crippen LogP contribution in [-0.2, 0) is 6.73 Å². The number of ether oxygens (including phenoxy) is 2. The first kappa shape index (κ1) is 23.1. The highest BCUT2D eigenvalue weighted by atomic mass is 32.1. The van der Waals surface area contributed by atoms with E-state index in [1.807, 2.05) is 0 Å². The summed E-state index contributed by atoms with van der Waals surface area (Å²) in [5.74, 6) is -0.140. The molecule has 0 atom stereocenters. The Morgan fingerprint density at radius 1 is 1.21 bits per heavy atom. The average molecular weight is 487 g/mol. The van der Waals surface area contributed by atoms with E-state index in [0.29, 0.717) is 22.4 Å². The summed E-state index contributed by atoms with van der Waals surface area (Å²) in [5, 5.41) is 7.19. The number of aromatic nitrogens is 3. The van der Waals surface area contributed by atoms with Gasteiger partial charge in [0.15, 0.2) is 12.4 Å². The Balaban J connectivity index is 1.54. The van der Waals surface area contributed by atoms with Gasteiger partial charge in [0.25, 0.3) is 18.2 Å². The molecular formula is C22H19F2N5O4S. The number of rotatable bonds is 8. The number of nitrogens with two attached hydrogens (primary N) is 1. The number of pyridine rings is 1. The van der Waals surface area contributed by atoms with E-state index in [1.165, 1.54) is 16.8 Å². The van der Waals surface area contributed by atoms with E-state index in [0.717, 1.165) is 11.3 Å². The van der Waals surface area contributed by atoms with Gasteiger partial charge in [0.2, 0.25) is 0 Å². The maximum absolute atomic E-state index is 13.1. The lowest BCUT2D eigenvalue weighted by molar-refractivity contribution is 0.100. The van der Waals surface area contributed by atoms with Crippen LogP contribution in [0.15, 0.2) is 42.6 Å². The van der Waals surface area contributed by atoms with E-state index < -0.39 is 23.9 Å².